The number of carbonyl (C=O) groups excluding carboxylic acids is 2. The molecule has 0 aliphatic carbocycles. The van der Waals surface area contributed by atoms with Crippen LogP contribution in [0.4, 0.5) is 18.0 Å². The van der Waals surface area contributed by atoms with Crippen LogP contribution in [-0.4, -0.2) is 66.4 Å². The Kier molecular flexibility index (Phi) is 11.2. The van der Waals surface area contributed by atoms with Gasteiger partial charge in [-0.15, -0.1) is 0 Å². The predicted octanol–water partition coefficient (Wildman–Crippen LogP) is 7.15. The number of carbonyl (C=O) groups is 2. The van der Waals surface area contributed by atoms with Crippen molar-refractivity contribution in [1.82, 2.24) is 4.90 Å². The standard InChI is InChI=1S/C37H42ClF3N2O5/c1-36(2,3)48-35(45)43-21-29(47-37(22-43)13-15-46-16-14-37)11-12-30-24(5-4-6-31(30)41)19-32(44)34(42)33(23-7-9-26(38)10-8-23)25-17-27(39)20-28(40)18-25/h4-10,17-18,20,29,33-34H,11-16,19,21-22,42H2,1-3H3/t29-,33+,34-/m1/s1. The van der Waals surface area contributed by atoms with Crippen LogP contribution < -0.4 is 5.73 Å². The molecule has 3 aromatic rings. The zero-order valence-corrected chi connectivity index (χ0v) is 28.2. The van der Waals surface area contributed by atoms with Gasteiger partial charge in [-0.3, -0.25) is 4.79 Å². The molecule has 2 saturated heterocycles. The Balaban J connectivity index is 1.35. The molecule has 2 aliphatic rings. The van der Waals surface area contributed by atoms with Crippen molar-refractivity contribution in [2.75, 3.05) is 26.3 Å². The van der Waals surface area contributed by atoms with Gasteiger partial charge in [0.2, 0.25) is 0 Å². The zero-order chi connectivity index (χ0) is 34.6. The lowest BCUT2D eigenvalue weighted by Gasteiger charge is -2.48. The van der Waals surface area contributed by atoms with Crippen molar-refractivity contribution in [2.24, 2.45) is 5.73 Å². The first kappa shape index (κ1) is 35.9. The van der Waals surface area contributed by atoms with Crippen molar-refractivity contribution in [3.05, 3.63) is 105 Å². The Morgan fingerprint density at radius 2 is 1.69 bits per heavy atom. The van der Waals surface area contributed by atoms with Gasteiger partial charge in [-0.1, -0.05) is 35.9 Å². The van der Waals surface area contributed by atoms with E-state index in [1.807, 2.05) is 20.8 Å². The molecule has 11 heteroatoms. The molecular formula is C37H42ClF3N2O5. The van der Waals surface area contributed by atoms with Crippen molar-refractivity contribution in [3.8, 4) is 0 Å². The van der Waals surface area contributed by atoms with E-state index in [4.69, 9.17) is 31.5 Å². The fourth-order valence-electron chi connectivity index (χ4n) is 6.60. The van der Waals surface area contributed by atoms with E-state index in [1.165, 1.54) is 12.1 Å². The van der Waals surface area contributed by atoms with E-state index in [0.29, 0.717) is 60.7 Å². The molecule has 3 atom stereocenters. The zero-order valence-electron chi connectivity index (χ0n) is 27.4. The summed E-state index contributed by atoms with van der Waals surface area (Å²) in [5.41, 5.74) is 6.84. The predicted molar refractivity (Wildman–Crippen MR) is 177 cm³/mol. The number of nitrogens with two attached hydrogens (primary N) is 1. The number of hydrogen-bond acceptors (Lipinski definition) is 6. The quantitative estimate of drug-likeness (QED) is 0.257. The van der Waals surface area contributed by atoms with E-state index >= 15 is 4.39 Å². The Hall–Kier alpha value is -3.44. The first-order valence-electron chi connectivity index (χ1n) is 16.2. The number of rotatable bonds is 9. The maximum Gasteiger partial charge on any atom is 0.410 e. The summed E-state index contributed by atoms with van der Waals surface area (Å²) in [5, 5.41) is 0.450. The van der Waals surface area contributed by atoms with Gasteiger partial charge in [0.15, 0.2) is 5.78 Å². The van der Waals surface area contributed by atoms with Crippen molar-refractivity contribution >= 4 is 23.5 Å². The number of ether oxygens (including phenoxy) is 3. The summed E-state index contributed by atoms with van der Waals surface area (Å²) in [6.45, 7) is 7.11. The molecule has 7 nitrogen and oxygen atoms in total. The van der Waals surface area contributed by atoms with E-state index in [9.17, 15) is 18.4 Å². The molecule has 2 aliphatic heterocycles. The second-order valence-corrected chi connectivity index (χ2v) is 14.1. The average molecular weight is 687 g/mol. The minimum atomic E-state index is -1.21. The largest absolute Gasteiger partial charge is 0.444 e. The summed E-state index contributed by atoms with van der Waals surface area (Å²) < 4.78 is 61.9. The number of hydrogen-bond donors (Lipinski definition) is 1. The number of morpholine rings is 1. The van der Waals surface area contributed by atoms with E-state index in [0.717, 1.165) is 18.2 Å². The van der Waals surface area contributed by atoms with Crippen LogP contribution in [-0.2, 0) is 31.8 Å². The monoisotopic (exact) mass is 686 g/mol. The van der Waals surface area contributed by atoms with E-state index in [1.54, 1.807) is 35.2 Å². The van der Waals surface area contributed by atoms with Crippen LogP contribution in [0.25, 0.3) is 0 Å². The van der Waals surface area contributed by atoms with Crippen LogP contribution in [0.1, 0.15) is 68.2 Å². The normalized spacial score (nSPS) is 19.2. The average Bonchev–Trinajstić information content (AvgIpc) is 3.00. The highest BCUT2D eigenvalue weighted by molar-refractivity contribution is 6.30. The fraction of sp³-hybridized carbons (Fsp3) is 0.459. The topological polar surface area (TPSA) is 91.1 Å². The molecular weight excluding hydrogens is 645 g/mol. The molecule has 0 saturated carbocycles. The highest BCUT2D eigenvalue weighted by Crippen LogP contribution is 2.35. The molecule has 0 bridgehead atoms. The van der Waals surface area contributed by atoms with Gasteiger partial charge in [-0.2, -0.15) is 0 Å². The number of ketones is 1. The molecule has 0 radical (unpaired) electrons. The minimum Gasteiger partial charge on any atom is -0.444 e. The van der Waals surface area contributed by atoms with Gasteiger partial charge in [-0.25, -0.2) is 18.0 Å². The summed E-state index contributed by atoms with van der Waals surface area (Å²) in [7, 11) is 0. The molecule has 1 spiro atoms. The number of nitrogens with zero attached hydrogens (tertiary/aromatic N) is 1. The van der Waals surface area contributed by atoms with Crippen LogP contribution in [0.3, 0.4) is 0 Å². The maximum atomic E-state index is 15.4. The maximum absolute atomic E-state index is 15.4. The summed E-state index contributed by atoms with van der Waals surface area (Å²) in [6.07, 6.45) is 0.806. The van der Waals surface area contributed by atoms with Gasteiger partial charge in [0.1, 0.15) is 23.1 Å². The van der Waals surface area contributed by atoms with Crippen molar-refractivity contribution < 1.29 is 37.0 Å². The summed E-state index contributed by atoms with van der Waals surface area (Å²) >= 11 is 6.08. The lowest BCUT2D eigenvalue weighted by molar-refractivity contribution is -0.186. The first-order chi connectivity index (χ1) is 22.7. The highest BCUT2D eigenvalue weighted by Gasteiger charge is 2.44. The lowest BCUT2D eigenvalue weighted by Crippen LogP contribution is -2.59. The number of benzene rings is 3. The molecule has 258 valence electrons. The number of amides is 1. The van der Waals surface area contributed by atoms with Crippen LogP contribution in [0.2, 0.25) is 5.02 Å². The molecule has 2 N–H and O–H groups in total. The van der Waals surface area contributed by atoms with E-state index in [-0.39, 0.29) is 24.9 Å². The Morgan fingerprint density at radius 3 is 2.33 bits per heavy atom. The third-order valence-electron chi connectivity index (χ3n) is 8.88. The Morgan fingerprint density at radius 1 is 1.02 bits per heavy atom. The van der Waals surface area contributed by atoms with Crippen molar-refractivity contribution in [2.45, 2.75) is 82.1 Å². The van der Waals surface area contributed by atoms with Gasteiger partial charge in [0, 0.05) is 49.5 Å². The van der Waals surface area contributed by atoms with Gasteiger partial charge in [0.05, 0.1) is 30.8 Å². The van der Waals surface area contributed by atoms with Gasteiger partial charge < -0.3 is 24.8 Å². The summed E-state index contributed by atoms with van der Waals surface area (Å²) in [4.78, 5) is 28.6. The molecule has 1 amide bonds. The Labute approximate surface area is 284 Å². The third kappa shape index (κ3) is 8.96. The molecule has 5 rings (SSSR count). The van der Waals surface area contributed by atoms with E-state index in [2.05, 4.69) is 0 Å². The fourth-order valence-corrected chi connectivity index (χ4v) is 6.73. The van der Waals surface area contributed by atoms with Crippen LogP contribution in [0, 0.1) is 17.5 Å². The summed E-state index contributed by atoms with van der Waals surface area (Å²) in [5.74, 6) is -3.39. The van der Waals surface area contributed by atoms with E-state index < -0.39 is 58.6 Å². The second kappa shape index (κ2) is 15.0. The SMILES string of the molecule is CC(C)(C)OC(=O)N1C[C@@H](CCc2c(F)cccc2CC(=O)[C@@H](N)[C@@H](c2ccc(Cl)cc2)c2cc(F)cc(F)c2)OC2(CCOCC2)C1. The van der Waals surface area contributed by atoms with Crippen LogP contribution in [0.15, 0.2) is 60.7 Å². The molecule has 0 unspecified atom stereocenters. The van der Waals surface area contributed by atoms with Gasteiger partial charge in [-0.05, 0) is 86.2 Å². The van der Waals surface area contributed by atoms with Crippen LogP contribution >= 0.6 is 11.6 Å². The Bertz CT molecular complexity index is 1590. The molecule has 48 heavy (non-hydrogen) atoms. The lowest BCUT2D eigenvalue weighted by atomic mass is 9.82. The van der Waals surface area contributed by atoms with Crippen LogP contribution in [0.5, 0.6) is 0 Å². The smallest absolute Gasteiger partial charge is 0.410 e. The first-order valence-corrected chi connectivity index (χ1v) is 16.6. The highest BCUT2D eigenvalue weighted by atomic mass is 35.5. The molecule has 0 aromatic heterocycles. The number of Topliss-reactive ketones (excluding diaryl/α,β-unsaturated/α-hetero) is 1. The molecule has 2 heterocycles. The minimum absolute atomic E-state index is 0.196. The van der Waals surface area contributed by atoms with Gasteiger partial charge in [0.25, 0.3) is 0 Å². The summed E-state index contributed by atoms with van der Waals surface area (Å²) in [6, 6.07) is 12.9. The molecule has 2 fully saturated rings. The second-order valence-electron chi connectivity index (χ2n) is 13.7. The van der Waals surface area contributed by atoms with Crippen molar-refractivity contribution in [3.63, 3.8) is 0 Å². The molecule has 3 aromatic carbocycles. The third-order valence-corrected chi connectivity index (χ3v) is 9.13. The number of halogens is 4. The van der Waals surface area contributed by atoms with Gasteiger partial charge >= 0.3 is 6.09 Å². The van der Waals surface area contributed by atoms with Crippen molar-refractivity contribution in [1.29, 1.82) is 0 Å².